The van der Waals surface area contributed by atoms with Gasteiger partial charge in [0.05, 0.1) is 34.0 Å². The second-order valence-corrected chi connectivity index (χ2v) is 9.60. The molecule has 1 aliphatic heterocycles. The molecule has 0 spiro atoms. The Balaban J connectivity index is 1.61. The Morgan fingerprint density at radius 3 is 2.77 bits per heavy atom. The van der Waals surface area contributed by atoms with Crippen LogP contribution in [0.25, 0.3) is 10.2 Å². The maximum Gasteiger partial charge on any atom is 0.243 e. The van der Waals surface area contributed by atoms with Crippen molar-refractivity contribution in [2.75, 3.05) is 31.7 Å². The number of hydrogen-bond donors (Lipinski definition) is 1. The van der Waals surface area contributed by atoms with Crippen LogP contribution in [-0.4, -0.2) is 49.7 Å². The zero-order valence-electron chi connectivity index (χ0n) is 16.2. The van der Waals surface area contributed by atoms with Gasteiger partial charge in [-0.05, 0) is 36.8 Å². The third-order valence-corrected chi connectivity index (χ3v) is 7.76. The molecule has 0 unspecified atom stereocenters. The smallest absolute Gasteiger partial charge is 0.243 e. The van der Waals surface area contributed by atoms with E-state index >= 15 is 0 Å². The fraction of sp³-hybridized carbons (Fsp3) is 0.250. The van der Waals surface area contributed by atoms with Gasteiger partial charge in [0.15, 0.2) is 10.7 Å². The average molecular weight is 442 g/mol. The molecule has 3 aromatic rings. The van der Waals surface area contributed by atoms with Crippen molar-refractivity contribution in [1.82, 2.24) is 9.29 Å². The summed E-state index contributed by atoms with van der Waals surface area (Å²) >= 11 is 1.37. The Morgan fingerprint density at radius 2 is 2.03 bits per heavy atom. The summed E-state index contributed by atoms with van der Waals surface area (Å²) in [7, 11) is -3.64. The van der Waals surface area contributed by atoms with E-state index in [1.807, 2.05) is 24.3 Å². The maximum atomic E-state index is 13.0. The molecule has 154 valence electrons. The highest BCUT2D eigenvalue weighted by molar-refractivity contribution is 7.89. The van der Waals surface area contributed by atoms with Crippen LogP contribution in [0.15, 0.2) is 52.5 Å². The molecule has 0 radical (unpaired) electrons. The first-order valence-electron chi connectivity index (χ1n) is 9.27. The lowest BCUT2D eigenvalue weighted by Gasteiger charge is -2.26. The van der Waals surface area contributed by atoms with E-state index in [4.69, 9.17) is 4.74 Å². The first-order chi connectivity index (χ1) is 14.5. The Hall–Kier alpha value is -2.84. The molecular weight excluding hydrogens is 422 g/mol. The summed E-state index contributed by atoms with van der Waals surface area (Å²) in [5, 5.41) is 14.2. The molecule has 8 nitrogen and oxygen atoms in total. The third-order valence-electron chi connectivity index (χ3n) is 4.68. The normalized spacial score (nSPS) is 15.8. The molecule has 4 rings (SSSR count). The number of nitrogens with zero attached hydrogens (tertiary/aromatic N) is 4. The number of para-hydroxylation sites is 1. The van der Waals surface area contributed by atoms with Gasteiger partial charge >= 0.3 is 0 Å². The molecule has 1 aromatic heterocycles. The summed E-state index contributed by atoms with van der Waals surface area (Å²) in [6.45, 7) is 3.17. The highest BCUT2D eigenvalue weighted by Crippen LogP contribution is 2.25. The van der Waals surface area contributed by atoms with Gasteiger partial charge in [-0.2, -0.15) is 14.7 Å². The van der Waals surface area contributed by atoms with Crippen molar-refractivity contribution in [1.29, 1.82) is 5.26 Å². The standard InChI is InChI=1S/C20H19N5O3S2/c1-14-6-7-15(12-19(14)30(26,27)25-8-10-28-11-9-25)23-24-17(13-21)20-22-16-4-2-3-5-18(16)29-20/h2-7,12,23H,8-11H2,1H3/b24-17+. The Bertz CT molecular complexity index is 1220. The second-order valence-electron chi connectivity index (χ2n) is 6.67. The van der Waals surface area contributed by atoms with E-state index in [1.165, 1.54) is 21.7 Å². The number of aryl methyl sites for hydroxylation is 1. The molecule has 2 heterocycles. The second kappa shape index (κ2) is 8.49. The largest absolute Gasteiger partial charge is 0.379 e. The number of ether oxygens (including phenoxy) is 1. The van der Waals surface area contributed by atoms with Gasteiger partial charge in [-0.3, -0.25) is 5.43 Å². The van der Waals surface area contributed by atoms with E-state index in [9.17, 15) is 13.7 Å². The molecule has 0 bridgehead atoms. The van der Waals surface area contributed by atoms with E-state index in [0.717, 1.165) is 10.2 Å². The third kappa shape index (κ3) is 4.06. The minimum atomic E-state index is -3.64. The first-order valence-corrected chi connectivity index (χ1v) is 11.5. The van der Waals surface area contributed by atoms with E-state index in [2.05, 4.69) is 21.6 Å². The van der Waals surface area contributed by atoms with Crippen molar-refractivity contribution in [3.8, 4) is 6.07 Å². The minimum absolute atomic E-state index is 0.134. The molecule has 0 aliphatic carbocycles. The molecule has 1 N–H and O–H groups in total. The average Bonchev–Trinajstić information content (AvgIpc) is 3.19. The Labute approximate surface area is 178 Å². The van der Waals surface area contributed by atoms with Gasteiger partial charge in [0.1, 0.15) is 6.07 Å². The molecule has 0 amide bonds. The van der Waals surface area contributed by atoms with Crippen molar-refractivity contribution in [3.63, 3.8) is 0 Å². The monoisotopic (exact) mass is 441 g/mol. The SMILES string of the molecule is Cc1ccc(N/N=C(\C#N)c2nc3ccccc3s2)cc1S(=O)(=O)N1CCOCC1. The fourth-order valence-corrected chi connectivity index (χ4v) is 5.65. The summed E-state index contributed by atoms with van der Waals surface area (Å²) in [6.07, 6.45) is 0. The van der Waals surface area contributed by atoms with Gasteiger partial charge in [-0.25, -0.2) is 13.4 Å². The number of thiazole rings is 1. The van der Waals surface area contributed by atoms with Crippen LogP contribution in [0.2, 0.25) is 0 Å². The van der Waals surface area contributed by atoms with Crippen molar-refractivity contribution in [3.05, 3.63) is 53.0 Å². The number of hydrogen-bond acceptors (Lipinski definition) is 8. The fourth-order valence-electron chi connectivity index (χ4n) is 3.09. The number of sulfonamides is 1. The topological polar surface area (TPSA) is 108 Å². The Kier molecular flexibility index (Phi) is 5.78. The zero-order chi connectivity index (χ0) is 21.1. The molecule has 0 saturated carbocycles. The summed E-state index contributed by atoms with van der Waals surface area (Å²) in [5.74, 6) is 0. The zero-order valence-corrected chi connectivity index (χ0v) is 17.8. The van der Waals surface area contributed by atoms with Crippen molar-refractivity contribution < 1.29 is 13.2 Å². The van der Waals surface area contributed by atoms with Crippen LogP contribution in [0.3, 0.4) is 0 Å². The Morgan fingerprint density at radius 1 is 1.27 bits per heavy atom. The lowest BCUT2D eigenvalue weighted by Crippen LogP contribution is -2.40. The number of fused-ring (bicyclic) bond motifs is 1. The number of benzene rings is 2. The van der Waals surface area contributed by atoms with E-state index in [-0.39, 0.29) is 10.6 Å². The number of anilines is 1. The van der Waals surface area contributed by atoms with Crippen LogP contribution in [0.4, 0.5) is 5.69 Å². The predicted molar refractivity (Wildman–Crippen MR) is 116 cm³/mol. The van der Waals surface area contributed by atoms with Crippen molar-refractivity contribution >= 4 is 43.0 Å². The number of aromatic nitrogens is 1. The number of nitrogens with one attached hydrogen (secondary N) is 1. The van der Waals surface area contributed by atoms with Gasteiger partial charge < -0.3 is 4.74 Å². The van der Waals surface area contributed by atoms with Gasteiger partial charge in [0.2, 0.25) is 10.0 Å². The summed E-state index contributed by atoms with van der Waals surface area (Å²) < 4.78 is 33.7. The molecule has 2 aromatic carbocycles. The molecule has 0 atom stereocenters. The van der Waals surface area contributed by atoms with Gasteiger partial charge in [-0.15, -0.1) is 11.3 Å². The molecule has 1 fully saturated rings. The van der Waals surface area contributed by atoms with Gasteiger partial charge in [0.25, 0.3) is 0 Å². The summed E-state index contributed by atoms with van der Waals surface area (Å²) in [6, 6.07) is 14.6. The predicted octanol–water partition coefficient (Wildman–Crippen LogP) is 2.97. The van der Waals surface area contributed by atoms with Gasteiger partial charge in [0, 0.05) is 13.1 Å². The van der Waals surface area contributed by atoms with Crippen LogP contribution in [0, 0.1) is 18.3 Å². The van der Waals surface area contributed by atoms with Crippen LogP contribution in [-0.2, 0) is 14.8 Å². The quantitative estimate of drug-likeness (QED) is 0.482. The van der Waals surface area contributed by atoms with Crippen molar-refractivity contribution in [2.24, 2.45) is 5.10 Å². The van der Waals surface area contributed by atoms with Crippen LogP contribution in [0.5, 0.6) is 0 Å². The van der Waals surface area contributed by atoms with Gasteiger partial charge in [-0.1, -0.05) is 18.2 Å². The number of hydrazone groups is 1. The molecule has 1 saturated heterocycles. The molecule has 10 heteroatoms. The molecular formula is C20H19N5O3S2. The lowest BCUT2D eigenvalue weighted by molar-refractivity contribution is 0.0730. The summed E-state index contributed by atoms with van der Waals surface area (Å²) in [5.41, 5.74) is 4.85. The van der Waals surface area contributed by atoms with Crippen LogP contribution in [0.1, 0.15) is 10.6 Å². The van der Waals surface area contributed by atoms with E-state index in [1.54, 1.807) is 19.1 Å². The van der Waals surface area contributed by atoms with Crippen LogP contribution >= 0.6 is 11.3 Å². The lowest BCUT2D eigenvalue weighted by atomic mass is 10.2. The minimum Gasteiger partial charge on any atom is -0.379 e. The number of nitriles is 1. The van der Waals surface area contributed by atoms with E-state index in [0.29, 0.717) is 42.6 Å². The van der Waals surface area contributed by atoms with E-state index < -0.39 is 10.0 Å². The highest BCUT2D eigenvalue weighted by Gasteiger charge is 2.28. The molecule has 30 heavy (non-hydrogen) atoms. The first kappa shape index (κ1) is 20.4. The summed E-state index contributed by atoms with van der Waals surface area (Å²) in [4.78, 5) is 4.65. The van der Waals surface area contributed by atoms with Crippen LogP contribution < -0.4 is 5.43 Å². The number of morpholine rings is 1. The molecule has 1 aliphatic rings. The van der Waals surface area contributed by atoms with Crippen molar-refractivity contribution in [2.45, 2.75) is 11.8 Å². The maximum absolute atomic E-state index is 13.0. The number of rotatable bonds is 5. The highest BCUT2D eigenvalue weighted by atomic mass is 32.2.